The van der Waals surface area contributed by atoms with Crippen LogP contribution in [0, 0.1) is 11.3 Å². The van der Waals surface area contributed by atoms with Gasteiger partial charge in [-0.3, -0.25) is 0 Å². The molecule has 0 saturated heterocycles. The molecule has 2 heteroatoms. The fraction of sp³-hybridized carbons (Fsp3) is 0. The molecule has 0 aliphatic rings. The minimum absolute atomic E-state index is 0.678. The van der Waals surface area contributed by atoms with Gasteiger partial charge in [0.25, 0.3) is 0 Å². The van der Waals surface area contributed by atoms with Crippen molar-refractivity contribution < 1.29 is 0 Å². The highest BCUT2D eigenvalue weighted by molar-refractivity contribution is 6.31. The zero-order valence-electron chi connectivity index (χ0n) is 5.07. The number of hydrogen-bond acceptors (Lipinski definition) is 0. The van der Waals surface area contributed by atoms with E-state index in [0.717, 1.165) is 5.56 Å². The molecule has 0 N–H and O–H groups in total. The average Bonchev–Trinajstić information content (AvgIpc) is 1.88. The predicted octanol–water partition coefficient (Wildman–Crippen LogP) is 2.89. The molecule has 0 radical (unpaired) electrons. The second-order valence-electron chi connectivity index (χ2n) is 1.73. The molecule has 0 aromatic heterocycles. The van der Waals surface area contributed by atoms with Crippen LogP contribution in [-0.2, 0) is 0 Å². The van der Waals surface area contributed by atoms with E-state index in [1.165, 1.54) is 0 Å². The minimum Gasteiger partial charge on any atom is -0.0843 e. The molecule has 1 aromatic rings. The molecule has 0 aliphatic heterocycles. The highest BCUT2D eigenvalue weighted by atomic mass is 35.5. The highest BCUT2D eigenvalue weighted by Gasteiger charge is 1.86. The monoisotopic (exact) mass is 170 g/mol. The molecule has 0 saturated carbocycles. The van der Waals surface area contributed by atoms with E-state index in [-0.39, 0.29) is 0 Å². The lowest BCUT2D eigenvalue weighted by molar-refractivity contribution is 1.65. The molecule has 1 rings (SSSR count). The molecular weight excluding hydrogens is 167 g/mol. The Bertz CT molecular complexity index is 281. The molecule has 0 fully saturated rings. The number of rotatable bonds is 0. The quantitative estimate of drug-likeness (QED) is 0.526. The predicted molar refractivity (Wildman–Crippen MR) is 44.2 cm³/mol. The first-order chi connectivity index (χ1) is 4.83. The fourth-order valence-electron chi connectivity index (χ4n) is 0.621. The normalized spacial score (nSPS) is 8.20. The van der Waals surface area contributed by atoms with Crippen molar-refractivity contribution in [1.82, 2.24) is 0 Å². The summed E-state index contributed by atoms with van der Waals surface area (Å²) in [6.45, 7) is 0. The van der Waals surface area contributed by atoms with Crippen molar-refractivity contribution in [3.63, 3.8) is 0 Å². The van der Waals surface area contributed by atoms with Gasteiger partial charge in [0.1, 0.15) is 0 Å². The standard InChI is InChI=1S/C8H4Cl2/c9-5-4-7-2-1-3-8(10)6-7/h1-3,6H. The molecule has 0 spiro atoms. The molecule has 1 aromatic carbocycles. The van der Waals surface area contributed by atoms with E-state index in [1.54, 1.807) is 12.1 Å². The van der Waals surface area contributed by atoms with Gasteiger partial charge in [-0.25, -0.2) is 0 Å². The Kier molecular flexibility index (Phi) is 2.62. The van der Waals surface area contributed by atoms with E-state index < -0.39 is 0 Å². The lowest BCUT2D eigenvalue weighted by atomic mass is 10.2. The highest BCUT2D eigenvalue weighted by Crippen LogP contribution is 2.09. The van der Waals surface area contributed by atoms with E-state index in [1.807, 2.05) is 12.1 Å². The molecule has 0 heterocycles. The lowest BCUT2D eigenvalue weighted by Crippen LogP contribution is -1.70. The Morgan fingerprint density at radius 1 is 1.30 bits per heavy atom. The summed E-state index contributed by atoms with van der Waals surface area (Å²) >= 11 is 10.9. The van der Waals surface area contributed by atoms with E-state index >= 15 is 0 Å². The molecule has 0 aliphatic carbocycles. The molecule has 0 atom stereocenters. The van der Waals surface area contributed by atoms with Crippen LogP contribution in [0.4, 0.5) is 0 Å². The first kappa shape index (κ1) is 7.47. The van der Waals surface area contributed by atoms with Crippen LogP contribution in [0.3, 0.4) is 0 Å². The Hall–Kier alpha value is -0.640. The SMILES string of the molecule is ClC#Cc1cccc(Cl)c1. The zero-order chi connectivity index (χ0) is 7.40. The number of benzene rings is 1. The smallest absolute Gasteiger partial charge is 0.0418 e. The first-order valence-corrected chi connectivity index (χ1v) is 3.46. The van der Waals surface area contributed by atoms with Gasteiger partial charge in [-0.05, 0) is 35.7 Å². The molecule has 10 heavy (non-hydrogen) atoms. The van der Waals surface area contributed by atoms with E-state index in [0.29, 0.717) is 5.02 Å². The van der Waals surface area contributed by atoms with Gasteiger partial charge in [-0.1, -0.05) is 17.7 Å². The molecule has 0 nitrogen and oxygen atoms in total. The first-order valence-electron chi connectivity index (χ1n) is 2.70. The van der Waals surface area contributed by atoms with Crippen LogP contribution in [0.2, 0.25) is 5.02 Å². The summed E-state index contributed by atoms with van der Waals surface area (Å²) in [5.74, 6) is 2.68. The van der Waals surface area contributed by atoms with Crippen molar-refractivity contribution in [2.24, 2.45) is 0 Å². The third-order valence-corrected chi connectivity index (χ3v) is 1.35. The van der Waals surface area contributed by atoms with Crippen molar-refractivity contribution in [1.29, 1.82) is 0 Å². The third-order valence-electron chi connectivity index (χ3n) is 1.02. The topological polar surface area (TPSA) is 0 Å². The summed E-state index contributed by atoms with van der Waals surface area (Å²) in [6.07, 6.45) is 0. The zero-order valence-corrected chi connectivity index (χ0v) is 6.58. The van der Waals surface area contributed by atoms with Crippen LogP contribution >= 0.6 is 23.2 Å². The van der Waals surface area contributed by atoms with Gasteiger partial charge < -0.3 is 0 Å². The van der Waals surface area contributed by atoms with Crippen molar-refractivity contribution in [2.75, 3.05) is 0 Å². The van der Waals surface area contributed by atoms with Gasteiger partial charge in [-0.2, -0.15) is 0 Å². The third kappa shape index (κ3) is 1.95. The summed E-state index contributed by atoms with van der Waals surface area (Å²) in [5.41, 5.74) is 0.836. The molecule has 0 amide bonds. The minimum atomic E-state index is 0.678. The van der Waals surface area contributed by atoms with E-state index in [4.69, 9.17) is 23.2 Å². The Morgan fingerprint density at radius 2 is 2.10 bits per heavy atom. The second-order valence-corrected chi connectivity index (χ2v) is 2.36. The van der Waals surface area contributed by atoms with Crippen LogP contribution in [0.25, 0.3) is 0 Å². The van der Waals surface area contributed by atoms with Gasteiger partial charge in [0, 0.05) is 16.0 Å². The molecular formula is C8H4Cl2. The van der Waals surface area contributed by atoms with Gasteiger partial charge >= 0.3 is 0 Å². The summed E-state index contributed by atoms with van der Waals surface area (Å²) in [4.78, 5) is 0. The summed E-state index contributed by atoms with van der Waals surface area (Å²) in [6, 6.07) is 7.23. The van der Waals surface area contributed by atoms with Crippen LogP contribution < -0.4 is 0 Å². The molecule has 0 bridgehead atoms. The number of hydrogen-bond donors (Lipinski definition) is 0. The van der Waals surface area contributed by atoms with Crippen molar-refractivity contribution in [3.8, 4) is 11.3 Å². The van der Waals surface area contributed by atoms with Crippen molar-refractivity contribution in [2.45, 2.75) is 0 Å². The second kappa shape index (κ2) is 3.51. The van der Waals surface area contributed by atoms with Crippen molar-refractivity contribution in [3.05, 3.63) is 34.9 Å². The van der Waals surface area contributed by atoms with Crippen LogP contribution in [0.1, 0.15) is 5.56 Å². The van der Waals surface area contributed by atoms with Gasteiger partial charge in [0.15, 0.2) is 0 Å². The van der Waals surface area contributed by atoms with E-state index in [2.05, 4.69) is 11.3 Å². The van der Waals surface area contributed by atoms with Crippen molar-refractivity contribution >= 4 is 23.2 Å². The summed E-state index contributed by atoms with van der Waals surface area (Å²) < 4.78 is 0. The van der Waals surface area contributed by atoms with Crippen LogP contribution in [0.5, 0.6) is 0 Å². The maximum atomic E-state index is 5.67. The maximum Gasteiger partial charge on any atom is 0.0418 e. The lowest BCUT2D eigenvalue weighted by Gasteiger charge is -1.88. The maximum absolute atomic E-state index is 5.67. The van der Waals surface area contributed by atoms with Gasteiger partial charge in [-0.15, -0.1) is 0 Å². The fourth-order valence-corrected chi connectivity index (χ4v) is 0.920. The Labute approximate surface area is 69.8 Å². The molecule has 0 unspecified atom stereocenters. The number of halogens is 2. The summed E-state index contributed by atoms with van der Waals surface area (Å²) in [5, 5.41) is 2.95. The van der Waals surface area contributed by atoms with Crippen LogP contribution in [-0.4, -0.2) is 0 Å². The summed E-state index contributed by atoms with van der Waals surface area (Å²) in [7, 11) is 0. The van der Waals surface area contributed by atoms with Gasteiger partial charge in [0.05, 0.1) is 0 Å². The van der Waals surface area contributed by atoms with Gasteiger partial charge in [0.2, 0.25) is 0 Å². The van der Waals surface area contributed by atoms with E-state index in [9.17, 15) is 0 Å². The molecule has 50 valence electrons. The largest absolute Gasteiger partial charge is 0.0843 e. The Morgan fingerprint density at radius 3 is 2.70 bits per heavy atom. The Balaban J connectivity index is 3.03. The van der Waals surface area contributed by atoms with Crippen LogP contribution in [0.15, 0.2) is 24.3 Å². The average molecular weight is 171 g/mol.